The number of hydrogen-bond acceptors (Lipinski definition) is 4. The van der Waals surface area contributed by atoms with Crippen LogP contribution >= 0.6 is 0 Å². The zero-order valence-corrected chi connectivity index (χ0v) is 14.2. The molecule has 0 bridgehead atoms. The van der Waals surface area contributed by atoms with Crippen LogP contribution in [0.25, 0.3) is 0 Å². The molecule has 0 spiro atoms. The Hall–Kier alpha value is -2.96. The van der Waals surface area contributed by atoms with E-state index in [2.05, 4.69) is 15.3 Å². The van der Waals surface area contributed by atoms with E-state index in [1.54, 1.807) is 24.8 Å². The molecule has 130 valence electrons. The lowest BCUT2D eigenvalue weighted by Gasteiger charge is -2.15. The molecule has 7 nitrogen and oxygen atoms in total. The lowest BCUT2D eigenvalue weighted by Crippen LogP contribution is -2.27. The van der Waals surface area contributed by atoms with E-state index in [9.17, 15) is 14.4 Å². The maximum atomic E-state index is 12.2. The second-order valence-electron chi connectivity index (χ2n) is 6.23. The van der Waals surface area contributed by atoms with E-state index in [4.69, 9.17) is 0 Å². The van der Waals surface area contributed by atoms with Crippen molar-refractivity contribution >= 4 is 23.3 Å². The number of H-pyrrole nitrogens is 1. The van der Waals surface area contributed by atoms with Crippen molar-refractivity contribution in [3.63, 3.8) is 0 Å². The lowest BCUT2D eigenvalue weighted by atomic mass is 9.96. The summed E-state index contributed by atoms with van der Waals surface area (Å²) in [6, 6.07) is 9.40. The Kier molecular flexibility index (Phi) is 4.65. The third kappa shape index (κ3) is 3.76. The van der Waals surface area contributed by atoms with Crippen LogP contribution in [0.5, 0.6) is 0 Å². The molecule has 1 aromatic heterocycles. The molecule has 2 amide bonds. The Morgan fingerprint density at radius 3 is 2.84 bits per heavy atom. The summed E-state index contributed by atoms with van der Waals surface area (Å²) < 4.78 is 0. The summed E-state index contributed by atoms with van der Waals surface area (Å²) in [4.78, 5) is 43.3. The summed E-state index contributed by atoms with van der Waals surface area (Å²) in [6.07, 6.45) is 0.910. The molecule has 3 rings (SSSR count). The van der Waals surface area contributed by atoms with Crippen LogP contribution in [0, 0.1) is 6.92 Å². The molecule has 25 heavy (non-hydrogen) atoms. The molecule has 2 heterocycles. The number of aryl methyl sites for hydroxylation is 1. The van der Waals surface area contributed by atoms with Crippen LogP contribution in [0.3, 0.4) is 0 Å². The van der Waals surface area contributed by atoms with E-state index in [1.807, 2.05) is 24.3 Å². The van der Waals surface area contributed by atoms with Crippen molar-refractivity contribution < 1.29 is 9.59 Å². The standard InChI is InChI=1S/C18H20N4O3/c1-11-9-16(21-18(25)19-11)20-17(24)8-7-13-10-22(12(2)23)15-6-4-3-5-14(13)15/h3-6,9,13H,7-8,10H2,1-2H3,(H2,19,20,21,24,25). The highest BCUT2D eigenvalue weighted by Gasteiger charge is 2.30. The van der Waals surface area contributed by atoms with Crippen molar-refractivity contribution in [2.24, 2.45) is 0 Å². The molecule has 1 aromatic carbocycles. The highest BCUT2D eigenvalue weighted by atomic mass is 16.2. The maximum Gasteiger partial charge on any atom is 0.347 e. The molecule has 1 unspecified atom stereocenters. The fraction of sp³-hybridized carbons (Fsp3) is 0.333. The van der Waals surface area contributed by atoms with Gasteiger partial charge in [0.25, 0.3) is 0 Å². The van der Waals surface area contributed by atoms with Gasteiger partial charge in [0.2, 0.25) is 11.8 Å². The highest BCUT2D eigenvalue weighted by Crippen LogP contribution is 2.38. The molecule has 1 atom stereocenters. The number of hydrogen-bond donors (Lipinski definition) is 2. The van der Waals surface area contributed by atoms with E-state index in [-0.39, 0.29) is 30.0 Å². The average Bonchev–Trinajstić information content (AvgIpc) is 2.91. The number of rotatable bonds is 4. The number of nitrogens with one attached hydrogen (secondary N) is 2. The van der Waals surface area contributed by atoms with E-state index < -0.39 is 5.69 Å². The Morgan fingerprint density at radius 2 is 2.12 bits per heavy atom. The molecule has 2 N–H and O–H groups in total. The molecule has 2 aromatic rings. The van der Waals surface area contributed by atoms with Crippen molar-refractivity contribution in [1.82, 2.24) is 9.97 Å². The zero-order chi connectivity index (χ0) is 18.0. The first-order valence-electron chi connectivity index (χ1n) is 8.19. The SMILES string of the molecule is CC(=O)N1CC(CCC(=O)Nc2cc(C)[nH]c(=O)n2)c2ccccc21. The molecule has 0 aliphatic carbocycles. The van der Waals surface area contributed by atoms with Crippen LogP contribution in [-0.4, -0.2) is 28.3 Å². The number of carbonyl (C=O) groups excluding carboxylic acids is 2. The fourth-order valence-corrected chi connectivity index (χ4v) is 3.19. The predicted octanol–water partition coefficient (Wildman–Crippen LogP) is 1.95. The van der Waals surface area contributed by atoms with Crippen molar-refractivity contribution in [3.05, 3.63) is 52.1 Å². The summed E-state index contributed by atoms with van der Waals surface area (Å²) in [7, 11) is 0. The van der Waals surface area contributed by atoms with Gasteiger partial charge in [0.15, 0.2) is 0 Å². The van der Waals surface area contributed by atoms with Gasteiger partial charge in [0.05, 0.1) is 0 Å². The van der Waals surface area contributed by atoms with Crippen LogP contribution in [-0.2, 0) is 9.59 Å². The van der Waals surface area contributed by atoms with E-state index in [1.165, 1.54) is 0 Å². The van der Waals surface area contributed by atoms with Crippen molar-refractivity contribution in [2.75, 3.05) is 16.8 Å². The number of nitrogens with zero attached hydrogens (tertiary/aromatic N) is 2. The Morgan fingerprint density at radius 1 is 1.36 bits per heavy atom. The van der Waals surface area contributed by atoms with Gasteiger partial charge in [-0.15, -0.1) is 0 Å². The molecule has 0 saturated carbocycles. The molecule has 0 radical (unpaired) electrons. The van der Waals surface area contributed by atoms with Crippen LogP contribution in [0.15, 0.2) is 35.1 Å². The van der Waals surface area contributed by atoms with Gasteiger partial charge < -0.3 is 15.2 Å². The average molecular weight is 340 g/mol. The van der Waals surface area contributed by atoms with Gasteiger partial charge >= 0.3 is 5.69 Å². The molecular formula is C18H20N4O3. The second kappa shape index (κ2) is 6.88. The number of benzene rings is 1. The summed E-state index contributed by atoms with van der Waals surface area (Å²) in [5, 5.41) is 2.65. The minimum absolute atomic E-state index is 0.00240. The van der Waals surface area contributed by atoms with Gasteiger partial charge in [-0.25, -0.2) is 4.79 Å². The minimum Gasteiger partial charge on any atom is -0.312 e. The third-order valence-electron chi connectivity index (χ3n) is 4.32. The van der Waals surface area contributed by atoms with E-state index >= 15 is 0 Å². The summed E-state index contributed by atoms with van der Waals surface area (Å²) >= 11 is 0. The summed E-state index contributed by atoms with van der Waals surface area (Å²) in [5.74, 6) is 0.182. The molecule has 1 aliphatic heterocycles. The fourth-order valence-electron chi connectivity index (χ4n) is 3.19. The quantitative estimate of drug-likeness (QED) is 0.889. The first kappa shape index (κ1) is 16.9. The second-order valence-corrected chi connectivity index (χ2v) is 6.23. The summed E-state index contributed by atoms with van der Waals surface area (Å²) in [6.45, 7) is 3.86. The molecule has 1 aliphatic rings. The maximum absolute atomic E-state index is 12.2. The van der Waals surface area contributed by atoms with Gasteiger partial charge in [-0.2, -0.15) is 4.98 Å². The Balaban J connectivity index is 1.65. The van der Waals surface area contributed by atoms with Crippen LogP contribution < -0.4 is 15.9 Å². The molecular weight excluding hydrogens is 320 g/mol. The first-order chi connectivity index (χ1) is 11.9. The lowest BCUT2D eigenvalue weighted by molar-refractivity contribution is -0.116. The van der Waals surface area contributed by atoms with Crippen LogP contribution in [0.4, 0.5) is 11.5 Å². The van der Waals surface area contributed by atoms with Crippen molar-refractivity contribution in [3.8, 4) is 0 Å². The topological polar surface area (TPSA) is 95.2 Å². The van der Waals surface area contributed by atoms with Gasteiger partial charge in [-0.05, 0) is 25.0 Å². The Labute approximate surface area is 145 Å². The molecule has 7 heteroatoms. The van der Waals surface area contributed by atoms with Crippen LogP contribution in [0.1, 0.15) is 36.9 Å². The van der Waals surface area contributed by atoms with Gasteiger partial charge in [0, 0.05) is 43.3 Å². The largest absolute Gasteiger partial charge is 0.347 e. The van der Waals surface area contributed by atoms with E-state index in [0.29, 0.717) is 18.7 Å². The van der Waals surface area contributed by atoms with Gasteiger partial charge in [-0.1, -0.05) is 18.2 Å². The first-order valence-corrected chi connectivity index (χ1v) is 8.19. The molecule has 0 fully saturated rings. The number of aromatic nitrogens is 2. The minimum atomic E-state index is -0.489. The number of anilines is 2. The Bertz CT molecular complexity index is 875. The van der Waals surface area contributed by atoms with Crippen molar-refractivity contribution in [1.29, 1.82) is 0 Å². The smallest absolute Gasteiger partial charge is 0.312 e. The zero-order valence-electron chi connectivity index (χ0n) is 14.2. The highest BCUT2D eigenvalue weighted by molar-refractivity contribution is 5.94. The van der Waals surface area contributed by atoms with Gasteiger partial charge in [0.1, 0.15) is 5.82 Å². The number of para-hydroxylation sites is 1. The van der Waals surface area contributed by atoms with Crippen LogP contribution in [0.2, 0.25) is 0 Å². The predicted molar refractivity (Wildman–Crippen MR) is 94.7 cm³/mol. The normalized spacial score (nSPS) is 15.8. The molecule has 0 saturated heterocycles. The number of amides is 2. The number of carbonyl (C=O) groups is 2. The number of aromatic amines is 1. The van der Waals surface area contributed by atoms with Crippen molar-refractivity contribution in [2.45, 2.75) is 32.6 Å². The monoisotopic (exact) mass is 340 g/mol. The van der Waals surface area contributed by atoms with Gasteiger partial charge in [-0.3, -0.25) is 9.59 Å². The summed E-state index contributed by atoms with van der Waals surface area (Å²) in [5.41, 5.74) is 2.16. The van der Waals surface area contributed by atoms with E-state index in [0.717, 1.165) is 11.3 Å². The number of fused-ring (bicyclic) bond motifs is 1. The third-order valence-corrected chi connectivity index (χ3v) is 4.32.